The van der Waals surface area contributed by atoms with Crippen LogP contribution in [0.4, 0.5) is 0 Å². The summed E-state index contributed by atoms with van der Waals surface area (Å²) in [6, 6.07) is 14.5. The van der Waals surface area contributed by atoms with Gasteiger partial charge in [-0.1, -0.05) is 24.3 Å². The van der Waals surface area contributed by atoms with Crippen molar-refractivity contribution in [2.45, 2.75) is 26.4 Å². The van der Waals surface area contributed by atoms with Crippen LogP contribution in [-0.4, -0.2) is 14.2 Å². The quantitative estimate of drug-likeness (QED) is 0.874. The summed E-state index contributed by atoms with van der Waals surface area (Å²) in [5, 5.41) is 3.55. The molecular weight excluding hydrogens is 262 g/mol. The third kappa shape index (κ3) is 3.76. The van der Waals surface area contributed by atoms with Gasteiger partial charge in [0.25, 0.3) is 0 Å². The van der Waals surface area contributed by atoms with Crippen molar-refractivity contribution in [2.24, 2.45) is 0 Å². The van der Waals surface area contributed by atoms with Crippen molar-refractivity contribution in [3.05, 3.63) is 59.2 Å². The van der Waals surface area contributed by atoms with Crippen LogP contribution < -0.4 is 14.8 Å². The molecule has 0 aliphatic heterocycles. The van der Waals surface area contributed by atoms with E-state index >= 15 is 0 Å². The smallest absolute Gasteiger partial charge is 0.123 e. The van der Waals surface area contributed by atoms with Gasteiger partial charge in [0.05, 0.1) is 14.2 Å². The van der Waals surface area contributed by atoms with Crippen molar-refractivity contribution in [3.8, 4) is 11.5 Å². The molecule has 21 heavy (non-hydrogen) atoms. The molecular formula is C18H23NO2. The molecule has 0 heterocycles. The zero-order valence-corrected chi connectivity index (χ0v) is 13.1. The van der Waals surface area contributed by atoms with Gasteiger partial charge in [0.1, 0.15) is 11.5 Å². The Balaban J connectivity index is 2.13. The van der Waals surface area contributed by atoms with E-state index in [2.05, 4.69) is 43.4 Å². The summed E-state index contributed by atoms with van der Waals surface area (Å²) in [6.07, 6.45) is 0. The SMILES string of the molecule is COc1ccc(OC)c([C@@H](C)NCc2ccccc2C)c1. The second kappa shape index (κ2) is 7.14. The topological polar surface area (TPSA) is 30.5 Å². The Kier molecular flexibility index (Phi) is 5.23. The van der Waals surface area contributed by atoms with Crippen LogP contribution in [0.25, 0.3) is 0 Å². The molecule has 0 fully saturated rings. The molecule has 3 nitrogen and oxygen atoms in total. The van der Waals surface area contributed by atoms with Crippen LogP contribution in [0.2, 0.25) is 0 Å². The van der Waals surface area contributed by atoms with Crippen molar-refractivity contribution >= 4 is 0 Å². The lowest BCUT2D eigenvalue weighted by Gasteiger charge is -2.19. The lowest BCUT2D eigenvalue weighted by atomic mass is 10.0. The van der Waals surface area contributed by atoms with Crippen molar-refractivity contribution in [1.29, 1.82) is 0 Å². The van der Waals surface area contributed by atoms with Gasteiger partial charge < -0.3 is 14.8 Å². The third-order valence-corrected chi connectivity index (χ3v) is 3.76. The lowest BCUT2D eigenvalue weighted by molar-refractivity contribution is 0.391. The average molecular weight is 285 g/mol. The van der Waals surface area contributed by atoms with E-state index in [4.69, 9.17) is 9.47 Å². The van der Waals surface area contributed by atoms with Crippen LogP contribution in [0.3, 0.4) is 0 Å². The van der Waals surface area contributed by atoms with Crippen LogP contribution in [0.15, 0.2) is 42.5 Å². The standard InChI is InChI=1S/C18H23NO2/c1-13-7-5-6-8-15(13)12-19-14(2)17-11-16(20-3)9-10-18(17)21-4/h5-11,14,19H,12H2,1-4H3/t14-/m1/s1. The molecule has 112 valence electrons. The fraction of sp³-hybridized carbons (Fsp3) is 0.333. The molecule has 2 rings (SSSR count). The van der Waals surface area contributed by atoms with Crippen molar-refractivity contribution in [2.75, 3.05) is 14.2 Å². The van der Waals surface area contributed by atoms with E-state index in [0.29, 0.717) is 0 Å². The highest BCUT2D eigenvalue weighted by molar-refractivity contribution is 5.42. The maximum absolute atomic E-state index is 5.45. The van der Waals surface area contributed by atoms with Gasteiger partial charge in [0.2, 0.25) is 0 Å². The van der Waals surface area contributed by atoms with Gasteiger partial charge in [-0.05, 0) is 43.2 Å². The van der Waals surface area contributed by atoms with E-state index in [1.54, 1.807) is 14.2 Å². The van der Waals surface area contributed by atoms with E-state index < -0.39 is 0 Å². The molecule has 0 radical (unpaired) electrons. The van der Waals surface area contributed by atoms with E-state index in [9.17, 15) is 0 Å². The highest BCUT2D eigenvalue weighted by Gasteiger charge is 2.12. The predicted molar refractivity (Wildman–Crippen MR) is 86.0 cm³/mol. The van der Waals surface area contributed by atoms with Crippen LogP contribution in [0, 0.1) is 6.92 Å². The molecule has 3 heteroatoms. The first-order valence-electron chi connectivity index (χ1n) is 7.15. The molecule has 0 amide bonds. The predicted octanol–water partition coefficient (Wildman–Crippen LogP) is 3.86. The Labute approximate surface area is 126 Å². The van der Waals surface area contributed by atoms with Gasteiger partial charge in [0.15, 0.2) is 0 Å². The first-order chi connectivity index (χ1) is 10.2. The number of hydrogen-bond acceptors (Lipinski definition) is 3. The minimum absolute atomic E-state index is 0.176. The largest absolute Gasteiger partial charge is 0.497 e. The Morgan fingerprint density at radius 3 is 2.48 bits per heavy atom. The summed E-state index contributed by atoms with van der Waals surface area (Å²) >= 11 is 0. The summed E-state index contributed by atoms with van der Waals surface area (Å²) < 4.78 is 10.7. The van der Waals surface area contributed by atoms with Gasteiger partial charge >= 0.3 is 0 Å². The normalized spacial score (nSPS) is 12.0. The first-order valence-corrected chi connectivity index (χ1v) is 7.15. The first kappa shape index (κ1) is 15.4. The minimum Gasteiger partial charge on any atom is -0.497 e. The highest BCUT2D eigenvalue weighted by Crippen LogP contribution is 2.29. The summed E-state index contributed by atoms with van der Waals surface area (Å²) in [5.41, 5.74) is 3.71. The third-order valence-electron chi connectivity index (χ3n) is 3.76. The summed E-state index contributed by atoms with van der Waals surface area (Å²) in [7, 11) is 3.37. The van der Waals surface area contributed by atoms with Crippen LogP contribution in [0.5, 0.6) is 11.5 Å². The minimum atomic E-state index is 0.176. The van der Waals surface area contributed by atoms with Crippen LogP contribution in [-0.2, 0) is 6.54 Å². The number of nitrogens with one attached hydrogen (secondary N) is 1. The van der Waals surface area contributed by atoms with Crippen molar-refractivity contribution in [1.82, 2.24) is 5.32 Å². The molecule has 0 saturated heterocycles. The number of rotatable bonds is 6. The molecule has 0 unspecified atom stereocenters. The van der Waals surface area contributed by atoms with Gasteiger partial charge in [-0.25, -0.2) is 0 Å². The maximum Gasteiger partial charge on any atom is 0.123 e. The van der Waals surface area contributed by atoms with E-state index in [-0.39, 0.29) is 6.04 Å². The van der Waals surface area contributed by atoms with Crippen LogP contribution in [0.1, 0.15) is 29.7 Å². The Morgan fingerprint density at radius 1 is 1.05 bits per heavy atom. The molecule has 0 aliphatic rings. The summed E-state index contributed by atoms with van der Waals surface area (Å²) in [4.78, 5) is 0. The zero-order valence-electron chi connectivity index (χ0n) is 13.1. The summed E-state index contributed by atoms with van der Waals surface area (Å²) in [6.45, 7) is 5.09. The number of hydrogen-bond donors (Lipinski definition) is 1. The van der Waals surface area contributed by atoms with Crippen molar-refractivity contribution in [3.63, 3.8) is 0 Å². The Morgan fingerprint density at radius 2 is 1.81 bits per heavy atom. The van der Waals surface area contributed by atoms with E-state index in [1.807, 2.05) is 18.2 Å². The molecule has 0 bridgehead atoms. The number of aryl methyl sites for hydroxylation is 1. The zero-order chi connectivity index (χ0) is 15.2. The summed E-state index contributed by atoms with van der Waals surface area (Å²) in [5.74, 6) is 1.72. The Bertz CT molecular complexity index is 596. The number of ether oxygens (including phenoxy) is 2. The molecule has 0 aromatic heterocycles. The molecule has 1 N–H and O–H groups in total. The fourth-order valence-electron chi connectivity index (χ4n) is 2.36. The van der Waals surface area contributed by atoms with Gasteiger partial charge in [-0.3, -0.25) is 0 Å². The Hall–Kier alpha value is -2.00. The monoisotopic (exact) mass is 285 g/mol. The second-order valence-electron chi connectivity index (χ2n) is 5.14. The number of methoxy groups -OCH3 is 2. The molecule has 2 aromatic rings. The fourth-order valence-corrected chi connectivity index (χ4v) is 2.36. The molecule has 0 aliphatic carbocycles. The molecule has 1 atom stereocenters. The average Bonchev–Trinajstić information content (AvgIpc) is 2.53. The molecule has 0 saturated carbocycles. The van der Waals surface area contributed by atoms with Crippen LogP contribution >= 0.6 is 0 Å². The van der Waals surface area contributed by atoms with Gasteiger partial charge in [0, 0.05) is 18.2 Å². The van der Waals surface area contributed by atoms with E-state index in [1.165, 1.54) is 11.1 Å². The molecule has 2 aromatic carbocycles. The van der Waals surface area contributed by atoms with Crippen molar-refractivity contribution < 1.29 is 9.47 Å². The highest BCUT2D eigenvalue weighted by atomic mass is 16.5. The molecule has 0 spiro atoms. The lowest BCUT2D eigenvalue weighted by Crippen LogP contribution is -2.19. The number of benzene rings is 2. The second-order valence-corrected chi connectivity index (χ2v) is 5.14. The van der Waals surface area contributed by atoms with Gasteiger partial charge in [-0.15, -0.1) is 0 Å². The maximum atomic E-state index is 5.45. The van der Waals surface area contributed by atoms with E-state index in [0.717, 1.165) is 23.6 Å². The van der Waals surface area contributed by atoms with Gasteiger partial charge in [-0.2, -0.15) is 0 Å².